The molecule has 2 rings (SSSR count). The molecule has 0 N–H and O–H groups in total. The Balaban J connectivity index is 0.000000321. The smallest absolute Gasteiger partial charge is 0.123 e. The van der Waals surface area contributed by atoms with Gasteiger partial charge in [0, 0.05) is 0 Å². The highest BCUT2D eigenvalue weighted by molar-refractivity contribution is 5.15. The Morgan fingerprint density at radius 3 is 2.15 bits per heavy atom. The van der Waals surface area contributed by atoms with Crippen molar-refractivity contribution in [2.24, 2.45) is 5.92 Å². The molecule has 0 aromatic heterocycles. The largest absolute Gasteiger partial charge is 0.207 e. The first-order valence-corrected chi connectivity index (χ1v) is 8.50. The van der Waals surface area contributed by atoms with E-state index in [2.05, 4.69) is 6.92 Å². The lowest BCUT2D eigenvalue weighted by Crippen LogP contribution is -2.04. The molecule has 1 aromatic rings. The first-order valence-electron chi connectivity index (χ1n) is 8.50. The van der Waals surface area contributed by atoms with Gasteiger partial charge in [-0.1, -0.05) is 84.8 Å². The second kappa shape index (κ2) is 13.1. The van der Waals surface area contributed by atoms with Crippen LogP contribution in [0.4, 0.5) is 4.39 Å². The van der Waals surface area contributed by atoms with E-state index in [0.717, 1.165) is 17.9 Å². The highest BCUT2D eigenvalue weighted by Crippen LogP contribution is 2.26. The van der Waals surface area contributed by atoms with Gasteiger partial charge in [0.05, 0.1) is 0 Å². The van der Waals surface area contributed by atoms with Crippen molar-refractivity contribution in [3.05, 3.63) is 35.6 Å². The summed E-state index contributed by atoms with van der Waals surface area (Å²) in [6, 6.07) is 6.66. The summed E-state index contributed by atoms with van der Waals surface area (Å²) in [6.07, 6.45) is 11.3. The lowest BCUT2D eigenvalue weighted by atomic mass is 9.86. The SMILES string of the molecule is CC.CCCC1CCCCC1.CCc1cccc(F)c1. The molecule has 1 saturated carbocycles. The number of benzene rings is 1. The van der Waals surface area contributed by atoms with Crippen LogP contribution in [-0.4, -0.2) is 0 Å². The van der Waals surface area contributed by atoms with Crippen molar-refractivity contribution in [2.45, 2.75) is 79.1 Å². The third kappa shape index (κ3) is 9.12. The second-order valence-corrected chi connectivity index (χ2v) is 5.28. The first kappa shape index (κ1) is 19.1. The topological polar surface area (TPSA) is 0 Å². The predicted octanol–water partition coefficient (Wildman–Crippen LogP) is 6.78. The molecular weight excluding hydrogens is 247 g/mol. The van der Waals surface area contributed by atoms with Gasteiger partial charge in [-0.05, 0) is 30.0 Å². The monoisotopic (exact) mass is 280 g/mol. The van der Waals surface area contributed by atoms with E-state index < -0.39 is 0 Å². The molecule has 116 valence electrons. The Labute approximate surface area is 125 Å². The van der Waals surface area contributed by atoms with E-state index in [0.29, 0.717) is 0 Å². The molecule has 0 unspecified atom stereocenters. The highest BCUT2D eigenvalue weighted by atomic mass is 19.1. The Hall–Kier alpha value is -0.850. The maximum Gasteiger partial charge on any atom is 0.123 e. The molecule has 0 saturated heterocycles. The summed E-state index contributed by atoms with van der Waals surface area (Å²) in [7, 11) is 0. The molecule has 0 bridgehead atoms. The van der Waals surface area contributed by atoms with Crippen molar-refractivity contribution in [1.82, 2.24) is 0 Å². The lowest BCUT2D eigenvalue weighted by molar-refractivity contribution is 0.336. The van der Waals surface area contributed by atoms with E-state index in [9.17, 15) is 4.39 Å². The third-order valence-electron chi connectivity index (χ3n) is 3.72. The van der Waals surface area contributed by atoms with Gasteiger partial charge in [0.1, 0.15) is 5.82 Å². The lowest BCUT2D eigenvalue weighted by Gasteiger charge is -2.20. The van der Waals surface area contributed by atoms with E-state index in [-0.39, 0.29) is 5.82 Å². The normalized spacial score (nSPS) is 14.7. The van der Waals surface area contributed by atoms with Crippen LogP contribution >= 0.6 is 0 Å². The maximum absolute atomic E-state index is 12.4. The van der Waals surface area contributed by atoms with E-state index in [1.165, 1.54) is 51.0 Å². The Morgan fingerprint density at radius 1 is 1.05 bits per heavy atom. The Bertz CT molecular complexity index is 311. The van der Waals surface area contributed by atoms with Crippen LogP contribution in [0.2, 0.25) is 0 Å². The summed E-state index contributed by atoms with van der Waals surface area (Å²) >= 11 is 0. The minimum absolute atomic E-state index is 0.144. The Morgan fingerprint density at radius 2 is 1.70 bits per heavy atom. The van der Waals surface area contributed by atoms with E-state index >= 15 is 0 Å². The number of hydrogen-bond acceptors (Lipinski definition) is 0. The van der Waals surface area contributed by atoms with Crippen molar-refractivity contribution in [3.8, 4) is 0 Å². The van der Waals surface area contributed by atoms with Crippen LogP contribution in [0, 0.1) is 11.7 Å². The molecule has 20 heavy (non-hydrogen) atoms. The average Bonchev–Trinajstić information content (AvgIpc) is 2.51. The molecular formula is C19H33F. The number of aryl methyl sites for hydroxylation is 1. The third-order valence-corrected chi connectivity index (χ3v) is 3.72. The summed E-state index contributed by atoms with van der Waals surface area (Å²) in [5, 5.41) is 0. The van der Waals surface area contributed by atoms with Crippen LogP contribution in [0.3, 0.4) is 0 Å². The molecule has 0 amide bonds. The molecule has 1 heteroatoms. The molecule has 1 aromatic carbocycles. The number of rotatable bonds is 3. The summed E-state index contributed by atoms with van der Waals surface area (Å²) in [5.74, 6) is 0.957. The highest BCUT2D eigenvalue weighted by Gasteiger charge is 2.10. The Kier molecular flexibility index (Phi) is 12.6. The van der Waals surface area contributed by atoms with Crippen molar-refractivity contribution in [3.63, 3.8) is 0 Å². The van der Waals surface area contributed by atoms with Gasteiger partial charge >= 0.3 is 0 Å². The summed E-state index contributed by atoms with van der Waals surface area (Å²) < 4.78 is 12.4. The first-order chi connectivity index (χ1) is 9.76. The zero-order valence-corrected chi connectivity index (χ0v) is 13.9. The zero-order chi connectivity index (χ0) is 15.2. The summed E-state index contributed by atoms with van der Waals surface area (Å²) in [5.41, 5.74) is 1.05. The molecule has 0 spiro atoms. The molecule has 0 heterocycles. The van der Waals surface area contributed by atoms with Crippen LogP contribution in [0.5, 0.6) is 0 Å². The van der Waals surface area contributed by atoms with Gasteiger partial charge in [-0.25, -0.2) is 4.39 Å². The van der Waals surface area contributed by atoms with Crippen molar-refractivity contribution >= 4 is 0 Å². The van der Waals surface area contributed by atoms with Gasteiger partial charge < -0.3 is 0 Å². The van der Waals surface area contributed by atoms with Crippen molar-refractivity contribution < 1.29 is 4.39 Å². The van der Waals surface area contributed by atoms with Gasteiger partial charge in [0.15, 0.2) is 0 Å². The van der Waals surface area contributed by atoms with E-state index in [1.807, 2.05) is 26.8 Å². The van der Waals surface area contributed by atoms with Gasteiger partial charge in [-0.3, -0.25) is 0 Å². The van der Waals surface area contributed by atoms with Gasteiger partial charge in [0.2, 0.25) is 0 Å². The summed E-state index contributed by atoms with van der Waals surface area (Å²) in [4.78, 5) is 0. The molecule has 0 aliphatic heterocycles. The van der Waals surface area contributed by atoms with Gasteiger partial charge in [-0.15, -0.1) is 0 Å². The predicted molar refractivity (Wildman–Crippen MR) is 88.6 cm³/mol. The minimum Gasteiger partial charge on any atom is -0.207 e. The summed E-state index contributed by atoms with van der Waals surface area (Å²) in [6.45, 7) is 8.31. The fourth-order valence-corrected chi connectivity index (χ4v) is 2.64. The fraction of sp³-hybridized carbons (Fsp3) is 0.684. The molecule has 1 fully saturated rings. The van der Waals surface area contributed by atoms with Crippen LogP contribution in [0.15, 0.2) is 24.3 Å². The van der Waals surface area contributed by atoms with Gasteiger partial charge in [0.25, 0.3) is 0 Å². The maximum atomic E-state index is 12.4. The molecule has 0 nitrogen and oxygen atoms in total. The molecule has 0 radical (unpaired) electrons. The molecule has 1 aliphatic carbocycles. The number of hydrogen-bond donors (Lipinski definition) is 0. The van der Waals surface area contributed by atoms with Crippen molar-refractivity contribution in [1.29, 1.82) is 0 Å². The number of halogens is 1. The van der Waals surface area contributed by atoms with Crippen LogP contribution < -0.4 is 0 Å². The zero-order valence-electron chi connectivity index (χ0n) is 13.9. The fourth-order valence-electron chi connectivity index (χ4n) is 2.64. The van der Waals surface area contributed by atoms with Gasteiger partial charge in [-0.2, -0.15) is 0 Å². The van der Waals surface area contributed by atoms with Crippen LogP contribution in [-0.2, 0) is 6.42 Å². The van der Waals surface area contributed by atoms with Crippen LogP contribution in [0.25, 0.3) is 0 Å². The van der Waals surface area contributed by atoms with E-state index in [4.69, 9.17) is 0 Å². The standard InChI is InChI=1S/C9H18.C8H9F.C2H6/c1-2-6-9-7-4-3-5-8-9;1-2-7-4-3-5-8(9)6-7;1-2/h9H,2-8H2,1H3;3-6H,2H2,1H3;1-2H3. The minimum atomic E-state index is -0.144. The quantitative estimate of drug-likeness (QED) is 0.572. The molecule has 1 aliphatic rings. The average molecular weight is 280 g/mol. The van der Waals surface area contributed by atoms with Crippen molar-refractivity contribution in [2.75, 3.05) is 0 Å². The van der Waals surface area contributed by atoms with Crippen LogP contribution in [0.1, 0.15) is 78.2 Å². The second-order valence-electron chi connectivity index (χ2n) is 5.28. The molecule has 0 atom stereocenters. The van der Waals surface area contributed by atoms with E-state index in [1.54, 1.807) is 12.1 Å².